The highest BCUT2D eigenvalue weighted by atomic mass is 28.3. The summed E-state index contributed by atoms with van der Waals surface area (Å²) < 4.78 is 6.28. The van der Waals surface area contributed by atoms with Gasteiger partial charge in [0, 0.05) is 22.5 Å². The molecule has 0 aliphatic heterocycles. The summed E-state index contributed by atoms with van der Waals surface area (Å²) in [7, 11) is -1.59. The number of rotatable bonds is 5. The van der Waals surface area contributed by atoms with Gasteiger partial charge >= 0.3 is 0 Å². The zero-order valence-electron chi connectivity index (χ0n) is 15.8. The molecule has 2 nitrogen and oxygen atoms in total. The zero-order chi connectivity index (χ0) is 18.1. The second-order valence-electron chi connectivity index (χ2n) is 7.05. The third-order valence-electron chi connectivity index (χ3n) is 6.04. The Hall–Kier alpha value is -2.39. The van der Waals surface area contributed by atoms with Crippen LogP contribution in [0.25, 0.3) is 33.2 Å². The van der Waals surface area contributed by atoms with Crippen LogP contribution in [0.3, 0.4) is 0 Å². The fourth-order valence-corrected chi connectivity index (χ4v) is 8.17. The summed E-state index contributed by atoms with van der Waals surface area (Å²) in [6.45, 7) is 7.09. The summed E-state index contributed by atoms with van der Waals surface area (Å²) in [5.74, 6) is 0. The highest BCUT2D eigenvalue weighted by Crippen LogP contribution is 2.34. The molecule has 0 amide bonds. The van der Waals surface area contributed by atoms with Crippen LogP contribution in [0.4, 0.5) is 0 Å². The predicted molar refractivity (Wildman–Crippen MR) is 114 cm³/mol. The van der Waals surface area contributed by atoms with E-state index in [1.807, 2.05) is 18.3 Å². The average molecular weight is 360 g/mol. The van der Waals surface area contributed by atoms with Crippen LogP contribution < -0.4 is 5.19 Å². The summed E-state index contributed by atoms with van der Waals surface area (Å²) in [5, 5.41) is 4.11. The van der Waals surface area contributed by atoms with E-state index in [1.54, 1.807) is 0 Å². The van der Waals surface area contributed by atoms with E-state index in [-0.39, 0.29) is 0 Å². The highest BCUT2D eigenvalue weighted by Gasteiger charge is 2.32. The van der Waals surface area contributed by atoms with E-state index in [9.17, 15) is 0 Å². The molecule has 2 aromatic carbocycles. The van der Waals surface area contributed by atoms with Crippen molar-refractivity contribution in [1.29, 1.82) is 0 Å². The number of aromatic nitrogens is 1. The fraction of sp³-hybridized carbons (Fsp3) is 0.261. The van der Waals surface area contributed by atoms with E-state index in [2.05, 4.69) is 68.2 Å². The van der Waals surface area contributed by atoms with Crippen molar-refractivity contribution in [2.24, 2.45) is 0 Å². The summed E-state index contributed by atoms with van der Waals surface area (Å²) in [5.41, 5.74) is 4.16. The lowest BCUT2D eigenvalue weighted by Crippen LogP contribution is -2.46. The van der Waals surface area contributed by atoms with Crippen LogP contribution in [-0.2, 0) is 0 Å². The molecule has 2 heterocycles. The largest absolute Gasteiger partial charge is 0.456 e. The van der Waals surface area contributed by atoms with Crippen molar-refractivity contribution < 1.29 is 4.42 Å². The third kappa shape index (κ3) is 2.58. The van der Waals surface area contributed by atoms with Gasteiger partial charge in [0.1, 0.15) is 11.2 Å². The minimum absolute atomic E-state index is 0.980. The van der Waals surface area contributed by atoms with Crippen molar-refractivity contribution in [1.82, 2.24) is 4.98 Å². The maximum Gasteiger partial charge on any atom is 0.135 e. The molecule has 26 heavy (non-hydrogen) atoms. The standard InChI is InChI=1S/C23H25NOSi/c1-4-26(5-2,6-3)22-16-17(19-12-9-10-14-24-19)15-21-23(22)18-11-7-8-13-20(18)25-21/h7-16H,4-6H2,1-3H3. The van der Waals surface area contributed by atoms with Crippen molar-refractivity contribution >= 4 is 35.2 Å². The smallest absolute Gasteiger partial charge is 0.135 e. The first-order chi connectivity index (χ1) is 12.7. The minimum Gasteiger partial charge on any atom is -0.456 e. The molecule has 0 unspecified atom stereocenters. The van der Waals surface area contributed by atoms with Crippen LogP contribution in [0, 0.1) is 0 Å². The normalized spacial score (nSPS) is 12.1. The number of furan rings is 1. The van der Waals surface area contributed by atoms with Crippen molar-refractivity contribution in [2.75, 3.05) is 0 Å². The lowest BCUT2D eigenvalue weighted by atomic mass is 10.1. The van der Waals surface area contributed by atoms with Crippen molar-refractivity contribution in [3.05, 3.63) is 60.8 Å². The van der Waals surface area contributed by atoms with Crippen molar-refractivity contribution in [3.8, 4) is 11.3 Å². The topological polar surface area (TPSA) is 26.0 Å². The van der Waals surface area contributed by atoms with Crippen LogP contribution in [0.15, 0.2) is 65.2 Å². The van der Waals surface area contributed by atoms with Crippen LogP contribution in [0.2, 0.25) is 18.1 Å². The maximum atomic E-state index is 6.28. The van der Waals surface area contributed by atoms with Gasteiger partial charge in [-0.05, 0) is 29.5 Å². The van der Waals surface area contributed by atoms with Crippen molar-refractivity contribution in [3.63, 3.8) is 0 Å². The molecule has 0 spiro atoms. The Morgan fingerprint density at radius 2 is 1.58 bits per heavy atom. The lowest BCUT2D eigenvalue weighted by Gasteiger charge is -2.30. The molecule has 0 atom stereocenters. The van der Waals surface area contributed by atoms with Crippen molar-refractivity contribution in [2.45, 2.75) is 38.9 Å². The molecule has 0 N–H and O–H groups in total. The number of para-hydroxylation sites is 1. The van der Waals surface area contributed by atoms with Crippen LogP contribution in [0.5, 0.6) is 0 Å². The molecule has 2 aromatic heterocycles. The predicted octanol–water partition coefficient (Wildman–Crippen LogP) is 6.36. The Morgan fingerprint density at radius 3 is 2.27 bits per heavy atom. The van der Waals surface area contributed by atoms with Gasteiger partial charge < -0.3 is 4.42 Å². The van der Waals surface area contributed by atoms with Crippen LogP contribution in [-0.4, -0.2) is 13.1 Å². The summed E-state index contributed by atoms with van der Waals surface area (Å²) in [6.07, 6.45) is 1.86. The summed E-state index contributed by atoms with van der Waals surface area (Å²) in [4.78, 5) is 4.58. The molecule has 4 rings (SSSR count). The molecular weight excluding hydrogens is 334 g/mol. The van der Waals surface area contributed by atoms with Gasteiger partial charge in [-0.2, -0.15) is 0 Å². The summed E-state index contributed by atoms with van der Waals surface area (Å²) >= 11 is 0. The number of nitrogens with zero attached hydrogens (tertiary/aromatic N) is 1. The molecule has 0 aliphatic rings. The van der Waals surface area contributed by atoms with Gasteiger partial charge in [-0.15, -0.1) is 0 Å². The second kappa shape index (κ2) is 6.73. The van der Waals surface area contributed by atoms with E-state index in [4.69, 9.17) is 4.42 Å². The first-order valence-electron chi connectivity index (χ1n) is 9.59. The van der Waals surface area contributed by atoms with E-state index in [0.717, 1.165) is 16.9 Å². The molecule has 0 radical (unpaired) electrons. The number of benzene rings is 2. The van der Waals surface area contributed by atoms with Crippen LogP contribution in [0.1, 0.15) is 20.8 Å². The minimum atomic E-state index is -1.59. The van der Waals surface area contributed by atoms with Gasteiger partial charge in [0.05, 0.1) is 13.8 Å². The Balaban J connectivity index is 2.12. The van der Waals surface area contributed by atoms with Gasteiger partial charge in [-0.3, -0.25) is 4.98 Å². The SMILES string of the molecule is CC[Si](CC)(CC)c1cc(-c2ccccn2)cc2oc3ccccc3c12. The van der Waals surface area contributed by atoms with E-state index < -0.39 is 8.07 Å². The van der Waals surface area contributed by atoms with Crippen LogP contribution >= 0.6 is 0 Å². The first kappa shape index (κ1) is 17.0. The number of hydrogen-bond acceptors (Lipinski definition) is 2. The van der Waals surface area contributed by atoms with Gasteiger partial charge in [-0.25, -0.2) is 0 Å². The van der Waals surface area contributed by atoms with E-state index in [1.165, 1.54) is 39.7 Å². The van der Waals surface area contributed by atoms with Gasteiger partial charge in [-0.1, -0.05) is 69.2 Å². The van der Waals surface area contributed by atoms with E-state index >= 15 is 0 Å². The highest BCUT2D eigenvalue weighted by molar-refractivity contribution is 6.93. The molecule has 0 fully saturated rings. The molecule has 0 aliphatic carbocycles. The molecule has 3 heteroatoms. The third-order valence-corrected chi connectivity index (χ3v) is 11.6. The Labute approximate surface area is 155 Å². The quantitative estimate of drug-likeness (QED) is 0.387. The average Bonchev–Trinajstić information content (AvgIpc) is 3.09. The number of hydrogen-bond donors (Lipinski definition) is 0. The Bertz CT molecular complexity index is 1040. The van der Waals surface area contributed by atoms with Gasteiger partial charge in [0.25, 0.3) is 0 Å². The zero-order valence-corrected chi connectivity index (χ0v) is 16.8. The van der Waals surface area contributed by atoms with E-state index in [0.29, 0.717) is 0 Å². The molecule has 0 saturated heterocycles. The number of fused-ring (bicyclic) bond motifs is 3. The number of pyridine rings is 1. The molecule has 4 aromatic rings. The Morgan fingerprint density at radius 1 is 0.846 bits per heavy atom. The fourth-order valence-electron chi connectivity index (χ4n) is 4.28. The molecular formula is C23H25NOSi. The molecule has 0 bridgehead atoms. The van der Waals surface area contributed by atoms with Gasteiger partial charge in [0.2, 0.25) is 0 Å². The maximum absolute atomic E-state index is 6.28. The first-order valence-corrected chi connectivity index (χ1v) is 12.2. The monoisotopic (exact) mass is 359 g/mol. The molecule has 0 saturated carbocycles. The van der Waals surface area contributed by atoms with Gasteiger partial charge in [0.15, 0.2) is 0 Å². The molecule has 132 valence electrons. The Kier molecular flexibility index (Phi) is 4.41. The lowest BCUT2D eigenvalue weighted by molar-refractivity contribution is 0.669. The second-order valence-corrected chi connectivity index (χ2v) is 12.3. The summed E-state index contributed by atoms with van der Waals surface area (Å²) in [6, 6.07) is 22.9.